The Hall–Kier alpha value is -3.13. The highest BCUT2D eigenvalue weighted by atomic mass is 35.5. The summed E-state index contributed by atoms with van der Waals surface area (Å²) in [5.41, 5.74) is 5.46. The lowest BCUT2D eigenvalue weighted by Crippen LogP contribution is -2.21. The Morgan fingerprint density at radius 3 is 2.36 bits per heavy atom. The van der Waals surface area contributed by atoms with Gasteiger partial charge in [0.15, 0.2) is 6.61 Å². The smallest absolute Gasteiger partial charge is 0.338 e. The van der Waals surface area contributed by atoms with Gasteiger partial charge in [0.2, 0.25) is 0 Å². The number of ether oxygens (including phenoxy) is 1. The third-order valence-corrected chi connectivity index (χ3v) is 3.16. The van der Waals surface area contributed by atoms with E-state index < -0.39 is 30.3 Å². The first-order valence-corrected chi connectivity index (χ1v) is 7.31. The minimum Gasteiger partial charge on any atom is -0.452 e. The number of carbonyl (C=O) groups is 3. The SMILES string of the molecule is NC(=O)Nc1ccc(C(=O)OCC(=O)Nc2ccc(Cl)cc2F)cc1. The molecule has 0 aromatic heterocycles. The molecule has 0 aliphatic rings. The molecule has 0 radical (unpaired) electrons. The summed E-state index contributed by atoms with van der Waals surface area (Å²) in [7, 11) is 0. The van der Waals surface area contributed by atoms with E-state index in [9.17, 15) is 18.8 Å². The van der Waals surface area contributed by atoms with Crippen LogP contribution in [0.15, 0.2) is 42.5 Å². The van der Waals surface area contributed by atoms with Crippen LogP contribution in [0, 0.1) is 5.82 Å². The van der Waals surface area contributed by atoms with Gasteiger partial charge in [0.25, 0.3) is 5.91 Å². The van der Waals surface area contributed by atoms with Crippen molar-refractivity contribution in [1.29, 1.82) is 0 Å². The van der Waals surface area contributed by atoms with Crippen LogP contribution in [0.1, 0.15) is 10.4 Å². The summed E-state index contributed by atoms with van der Waals surface area (Å²) in [4.78, 5) is 34.3. The highest BCUT2D eigenvalue weighted by molar-refractivity contribution is 6.30. The number of primary amides is 1. The number of anilines is 2. The van der Waals surface area contributed by atoms with E-state index in [4.69, 9.17) is 22.1 Å². The first kappa shape index (κ1) is 18.2. The fraction of sp³-hybridized carbons (Fsp3) is 0.0625. The van der Waals surface area contributed by atoms with Crippen LogP contribution in [0.3, 0.4) is 0 Å². The van der Waals surface area contributed by atoms with Crippen LogP contribution in [-0.4, -0.2) is 24.5 Å². The maximum absolute atomic E-state index is 13.6. The molecule has 25 heavy (non-hydrogen) atoms. The van der Waals surface area contributed by atoms with E-state index >= 15 is 0 Å². The van der Waals surface area contributed by atoms with Crippen molar-refractivity contribution < 1.29 is 23.5 Å². The first-order chi connectivity index (χ1) is 11.8. The molecule has 2 aromatic rings. The van der Waals surface area contributed by atoms with Crippen molar-refractivity contribution in [2.75, 3.05) is 17.2 Å². The molecule has 0 aliphatic heterocycles. The number of esters is 1. The van der Waals surface area contributed by atoms with Gasteiger partial charge in [-0.25, -0.2) is 14.0 Å². The second kappa shape index (κ2) is 8.11. The largest absolute Gasteiger partial charge is 0.452 e. The summed E-state index contributed by atoms with van der Waals surface area (Å²) in [6, 6.07) is 8.70. The molecule has 0 unspecified atom stereocenters. The molecule has 2 aromatic carbocycles. The molecule has 3 amide bonds. The standard InChI is InChI=1S/C16H13ClFN3O4/c17-10-3-6-13(12(18)7-10)21-14(22)8-25-15(23)9-1-4-11(5-2-9)20-16(19)24/h1-7H,8H2,(H,21,22)(H3,19,20,24). The van der Waals surface area contributed by atoms with Gasteiger partial charge in [0, 0.05) is 10.7 Å². The molecule has 0 atom stereocenters. The molecule has 9 heteroatoms. The summed E-state index contributed by atoms with van der Waals surface area (Å²) in [6.07, 6.45) is 0. The summed E-state index contributed by atoms with van der Waals surface area (Å²) in [6.45, 7) is -0.595. The Labute approximate surface area is 146 Å². The molecule has 0 saturated heterocycles. The molecule has 0 saturated carbocycles. The number of urea groups is 1. The molecular weight excluding hydrogens is 353 g/mol. The van der Waals surface area contributed by atoms with E-state index in [1.165, 1.54) is 36.4 Å². The maximum Gasteiger partial charge on any atom is 0.338 e. The van der Waals surface area contributed by atoms with Gasteiger partial charge >= 0.3 is 12.0 Å². The molecule has 0 heterocycles. The van der Waals surface area contributed by atoms with E-state index in [-0.39, 0.29) is 16.3 Å². The molecule has 4 N–H and O–H groups in total. The molecule has 2 rings (SSSR count). The van der Waals surface area contributed by atoms with Crippen LogP contribution < -0.4 is 16.4 Å². The van der Waals surface area contributed by atoms with E-state index in [2.05, 4.69) is 10.6 Å². The van der Waals surface area contributed by atoms with Crippen LogP contribution in [0.4, 0.5) is 20.6 Å². The minimum atomic E-state index is -0.752. The summed E-state index contributed by atoms with van der Waals surface area (Å²) >= 11 is 5.61. The number of hydrogen-bond donors (Lipinski definition) is 3. The molecule has 0 bridgehead atoms. The van der Waals surface area contributed by atoms with Crippen LogP contribution >= 0.6 is 11.6 Å². The van der Waals surface area contributed by atoms with E-state index in [0.29, 0.717) is 5.69 Å². The average Bonchev–Trinajstić information content (AvgIpc) is 2.55. The van der Waals surface area contributed by atoms with Crippen molar-refractivity contribution in [2.45, 2.75) is 0 Å². The fourth-order valence-electron chi connectivity index (χ4n) is 1.82. The van der Waals surface area contributed by atoms with E-state index in [1.807, 2.05) is 0 Å². The normalized spacial score (nSPS) is 10.0. The molecule has 0 spiro atoms. The number of hydrogen-bond acceptors (Lipinski definition) is 4. The van der Waals surface area contributed by atoms with Gasteiger partial charge in [-0.1, -0.05) is 11.6 Å². The number of halogens is 2. The Balaban J connectivity index is 1.88. The predicted octanol–water partition coefficient (Wildman–Crippen LogP) is 2.77. The van der Waals surface area contributed by atoms with E-state index in [0.717, 1.165) is 6.07 Å². The second-order valence-electron chi connectivity index (χ2n) is 4.82. The van der Waals surface area contributed by atoms with Crippen LogP contribution in [0.25, 0.3) is 0 Å². The van der Waals surface area contributed by atoms with Crippen molar-refractivity contribution in [3.05, 3.63) is 58.9 Å². The third-order valence-electron chi connectivity index (χ3n) is 2.93. The third kappa shape index (κ3) is 5.47. The zero-order chi connectivity index (χ0) is 18.4. The fourth-order valence-corrected chi connectivity index (χ4v) is 1.98. The van der Waals surface area contributed by atoms with Crippen LogP contribution in [-0.2, 0) is 9.53 Å². The van der Waals surface area contributed by atoms with Crippen LogP contribution in [0.5, 0.6) is 0 Å². The lowest BCUT2D eigenvalue weighted by molar-refractivity contribution is -0.119. The monoisotopic (exact) mass is 365 g/mol. The van der Waals surface area contributed by atoms with Crippen molar-refractivity contribution >= 4 is 40.9 Å². The summed E-state index contributed by atoms with van der Waals surface area (Å²) in [5.74, 6) is -2.16. The Morgan fingerprint density at radius 1 is 1.08 bits per heavy atom. The lowest BCUT2D eigenvalue weighted by Gasteiger charge is -2.08. The minimum absolute atomic E-state index is 0.0765. The van der Waals surface area contributed by atoms with E-state index in [1.54, 1.807) is 0 Å². The van der Waals surface area contributed by atoms with Crippen LogP contribution in [0.2, 0.25) is 5.02 Å². The quantitative estimate of drug-likeness (QED) is 0.707. The van der Waals surface area contributed by atoms with Gasteiger partial charge in [-0.15, -0.1) is 0 Å². The number of amides is 3. The average molecular weight is 366 g/mol. The number of nitrogens with one attached hydrogen (secondary N) is 2. The highest BCUT2D eigenvalue weighted by Gasteiger charge is 2.12. The molecule has 0 fully saturated rings. The molecule has 130 valence electrons. The maximum atomic E-state index is 13.6. The van der Waals surface area contributed by atoms with Gasteiger partial charge in [0.1, 0.15) is 5.82 Å². The topological polar surface area (TPSA) is 111 Å². The summed E-state index contributed by atoms with van der Waals surface area (Å²) in [5, 5.41) is 4.79. The van der Waals surface area contributed by atoms with Crippen molar-refractivity contribution in [2.24, 2.45) is 5.73 Å². The molecule has 7 nitrogen and oxygen atoms in total. The molecular formula is C16H13ClFN3O4. The van der Waals surface area contributed by atoms with Crippen molar-refractivity contribution in [3.8, 4) is 0 Å². The predicted molar refractivity (Wildman–Crippen MR) is 90.0 cm³/mol. The molecule has 0 aliphatic carbocycles. The van der Waals surface area contributed by atoms with Gasteiger partial charge in [0.05, 0.1) is 11.3 Å². The van der Waals surface area contributed by atoms with Crippen molar-refractivity contribution in [3.63, 3.8) is 0 Å². The van der Waals surface area contributed by atoms with Gasteiger partial charge in [-0.3, -0.25) is 4.79 Å². The Morgan fingerprint density at radius 2 is 1.76 bits per heavy atom. The van der Waals surface area contributed by atoms with Gasteiger partial charge in [-0.05, 0) is 42.5 Å². The second-order valence-corrected chi connectivity index (χ2v) is 5.25. The number of rotatable bonds is 5. The summed E-state index contributed by atoms with van der Waals surface area (Å²) < 4.78 is 18.4. The zero-order valence-corrected chi connectivity index (χ0v) is 13.5. The number of carbonyl (C=O) groups excluding carboxylic acids is 3. The highest BCUT2D eigenvalue weighted by Crippen LogP contribution is 2.18. The Bertz CT molecular complexity index is 812. The van der Waals surface area contributed by atoms with Gasteiger partial charge < -0.3 is 21.1 Å². The van der Waals surface area contributed by atoms with Gasteiger partial charge in [-0.2, -0.15) is 0 Å². The number of benzene rings is 2. The number of nitrogens with two attached hydrogens (primary N) is 1. The first-order valence-electron chi connectivity index (χ1n) is 6.93. The zero-order valence-electron chi connectivity index (χ0n) is 12.7. The lowest BCUT2D eigenvalue weighted by atomic mass is 10.2. The Kier molecular flexibility index (Phi) is 5.91. The van der Waals surface area contributed by atoms with Crippen molar-refractivity contribution in [1.82, 2.24) is 0 Å².